The van der Waals surface area contributed by atoms with Crippen LogP contribution in [0.4, 0.5) is 5.69 Å². The molecule has 1 N–H and O–H groups in total. The molecular formula is C12H18N2. The molecular weight excluding hydrogens is 172 g/mol. The second-order valence-electron chi connectivity index (χ2n) is 4.22. The summed E-state index contributed by atoms with van der Waals surface area (Å²) in [4.78, 5) is 2.23. The first-order valence-electron chi connectivity index (χ1n) is 5.26. The van der Waals surface area contributed by atoms with Crippen molar-refractivity contribution < 1.29 is 0 Å². The average molecular weight is 190 g/mol. The van der Waals surface area contributed by atoms with Gasteiger partial charge in [0.1, 0.15) is 0 Å². The monoisotopic (exact) mass is 190 g/mol. The third kappa shape index (κ3) is 2.07. The van der Waals surface area contributed by atoms with Crippen molar-refractivity contribution in [2.75, 3.05) is 32.5 Å². The third-order valence-electron chi connectivity index (χ3n) is 2.73. The number of hydrogen-bond acceptors (Lipinski definition) is 2. The summed E-state index contributed by atoms with van der Waals surface area (Å²) in [7, 11) is 4.24. The summed E-state index contributed by atoms with van der Waals surface area (Å²) in [5.41, 5.74) is 4.28. The minimum absolute atomic E-state index is 1.10. The fraction of sp³-hybridized carbons (Fsp3) is 0.500. The molecule has 1 aromatic carbocycles. The Morgan fingerprint density at radius 1 is 1.36 bits per heavy atom. The number of nitrogens with one attached hydrogen (secondary N) is 1. The van der Waals surface area contributed by atoms with Gasteiger partial charge in [0.2, 0.25) is 0 Å². The van der Waals surface area contributed by atoms with Gasteiger partial charge in [-0.2, -0.15) is 0 Å². The molecule has 1 aromatic rings. The lowest BCUT2D eigenvalue weighted by Crippen LogP contribution is -2.15. The Morgan fingerprint density at radius 2 is 2.21 bits per heavy atom. The number of hydrogen-bond donors (Lipinski definition) is 1. The van der Waals surface area contributed by atoms with Crippen LogP contribution >= 0.6 is 0 Å². The van der Waals surface area contributed by atoms with Crippen LogP contribution in [0.2, 0.25) is 0 Å². The molecule has 0 fully saturated rings. The third-order valence-corrected chi connectivity index (χ3v) is 2.73. The number of likely N-dealkylation sites (N-methyl/N-ethyl adjacent to an activating group) is 1. The summed E-state index contributed by atoms with van der Waals surface area (Å²) in [5.74, 6) is 0. The van der Waals surface area contributed by atoms with Crippen LogP contribution in [0.5, 0.6) is 0 Å². The maximum Gasteiger partial charge on any atom is 0.0373 e. The summed E-state index contributed by atoms with van der Waals surface area (Å²) in [6.07, 6.45) is 2.34. The largest absolute Gasteiger partial charge is 0.384 e. The van der Waals surface area contributed by atoms with Gasteiger partial charge in [-0.15, -0.1) is 0 Å². The van der Waals surface area contributed by atoms with Crippen molar-refractivity contribution in [2.24, 2.45) is 0 Å². The van der Waals surface area contributed by atoms with Crippen molar-refractivity contribution in [1.82, 2.24) is 4.90 Å². The van der Waals surface area contributed by atoms with Crippen LogP contribution < -0.4 is 5.32 Å². The molecule has 0 radical (unpaired) electrons. The predicted octanol–water partition coefficient (Wildman–Crippen LogP) is 1.76. The van der Waals surface area contributed by atoms with Crippen molar-refractivity contribution in [2.45, 2.75) is 12.8 Å². The van der Waals surface area contributed by atoms with Crippen LogP contribution in [-0.2, 0) is 12.8 Å². The molecule has 0 aromatic heterocycles. The van der Waals surface area contributed by atoms with E-state index in [0.717, 1.165) is 19.5 Å². The lowest BCUT2D eigenvalue weighted by Gasteiger charge is -2.10. The molecule has 1 aliphatic heterocycles. The van der Waals surface area contributed by atoms with Gasteiger partial charge in [-0.1, -0.05) is 12.1 Å². The van der Waals surface area contributed by atoms with Gasteiger partial charge in [0, 0.05) is 18.8 Å². The van der Waals surface area contributed by atoms with Crippen LogP contribution in [0, 0.1) is 0 Å². The molecule has 2 rings (SSSR count). The van der Waals surface area contributed by atoms with Gasteiger partial charge in [0.15, 0.2) is 0 Å². The normalized spacial score (nSPS) is 14.2. The van der Waals surface area contributed by atoms with E-state index in [1.165, 1.54) is 23.2 Å². The van der Waals surface area contributed by atoms with E-state index in [1.54, 1.807) is 0 Å². The van der Waals surface area contributed by atoms with Crippen molar-refractivity contribution in [1.29, 1.82) is 0 Å². The molecule has 0 unspecified atom stereocenters. The van der Waals surface area contributed by atoms with Crippen LogP contribution in [0.25, 0.3) is 0 Å². The fourth-order valence-corrected chi connectivity index (χ4v) is 1.87. The molecule has 0 amide bonds. The first-order chi connectivity index (χ1) is 6.75. The summed E-state index contributed by atoms with van der Waals surface area (Å²) in [6, 6.07) is 6.80. The van der Waals surface area contributed by atoms with Gasteiger partial charge in [0.05, 0.1) is 0 Å². The fourth-order valence-electron chi connectivity index (χ4n) is 1.87. The Morgan fingerprint density at radius 3 is 3.00 bits per heavy atom. The number of rotatable bonds is 3. The average Bonchev–Trinajstić information content (AvgIpc) is 2.61. The van der Waals surface area contributed by atoms with Crippen molar-refractivity contribution in [3.05, 3.63) is 29.3 Å². The molecule has 0 aliphatic carbocycles. The second kappa shape index (κ2) is 4.01. The minimum atomic E-state index is 1.10. The lowest BCUT2D eigenvalue weighted by atomic mass is 10.1. The van der Waals surface area contributed by atoms with Gasteiger partial charge in [-0.3, -0.25) is 0 Å². The zero-order chi connectivity index (χ0) is 9.97. The van der Waals surface area contributed by atoms with Crippen molar-refractivity contribution in [3.63, 3.8) is 0 Å². The topological polar surface area (TPSA) is 15.3 Å². The SMILES string of the molecule is CN(C)CCc1ccc2c(c1)CCN2. The molecule has 0 saturated heterocycles. The molecule has 0 saturated carbocycles. The maximum atomic E-state index is 3.38. The Kier molecular flexibility index (Phi) is 2.73. The van der Waals surface area contributed by atoms with E-state index in [0.29, 0.717) is 0 Å². The van der Waals surface area contributed by atoms with E-state index in [9.17, 15) is 0 Å². The highest BCUT2D eigenvalue weighted by atomic mass is 15.0. The van der Waals surface area contributed by atoms with Crippen molar-refractivity contribution in [3.8, 4) is 0 Å². The van der Waals surface area contributed by atoms with Gasteiger partial charge in [-0.25, -0.2) is 0 Å². The summed E-state index contributed by atoms with van der Waals surface area (Å²) < 4.78 is 0. The first-order valence-corrected chi connectivity index (χ1v) is 5.26. The number of fused-ring (bicyclic) bond motifs is 1. The van der Waals surface area contributed by atoms with Crippen LogP contribution in [0.3, 0.4) is 0 Å². The highest BCUT2D eigenvalue weighted by Gasteiger charge is 2.09. The molecule has 76 valence electrons. The highest BCUT2D eigenvalue weighted by Crippen LogP contribution is 2.23. The smallest absolute Gasteiger partial charge is 0.0373 e. The quantitative estimate of drug-likeness (QED) is 0.781. The Labute approximate surface area is 85.9 Å². The molecule has 0 bridgehead atoms. The standard InChI is InChI=1S/C12H18N2/c1-14(2)8-6-10-3-4-12-11(9-10)5-7-13-12/h3-4,9,13H,5-8H2,1-2H3. The van der Waals surface area contributed by atoms with Gasteiger partial charge >= 0.3 is 0 Å². The molecule has 2 heteroatoms. The molecule has 1 heterocycles. The van der Waals surface area contributed by atoms with E-state index in [1.807, 2.05) is 0 Å². The van der Waals surface area contributed by atoms with E-state index < -0.39 is 0 Å². The van der Waals surface area contributed by atoms with E-state index in [4.69, 9.17) is 0 Å². The minimum Gasteiger partial charge on any atom is -0.384 e. The van der Waals surface area contributed by atoms with E-state index >= 15 is 0 Å². The van der Waals surface area contributed by atoms with E-state index in [-0.39, 0.29) is 0 Å². The highest BCUT2D eigenvalue weighted by molar-refractivity contribution is 5.56. The molecule has 0 spiro atoms. The summed E-state index contributed by atoms with van der Waals surface area (Å²) in [6.45, 7) is 2.23. The summed E-state index contributed by atoms with van der Waals surface area (Å²) >= 11 is 0. The Hall–Kier alpha value is -1.02. The first kappa shape index (κ1) is 9.53. The molecule has 2 nitrogen and oxygen atoms in total. The van der Waals surface area contributed by atoms with Crippen LogP contribution in [-0.4, -0.2) is 32.1 Å². The van der Waals surface area contributed by atoms with Gasteiger partial charge in [-0.05, 0) is 44.1 Å². The van der Waals surface area contributed by atoms with Gasteiger partial charge < -0.3 is 10.2 Å². The number of anilines is 1. The number of benzene rings is 1. The second-order valence-corrected chi connectivity index (χ2v) is 4.22. The zero-order valence-electron chi connectivity index (χ0n) is 9.01. The van der Waals surface area contributed by atoms with E-state index in [2.05, 4.69) is 42.5 Å². The molecule has 14 heavy (non-hydrogen) atoms. The Bertz CT molecular complexity index is 318. The maximum absolute atomic E-state index is 3.38. The van der Waals surface area contributed by atoms with Gasteiger partial charge in [0.25, 0.3) is 0 Å². The van der Waals surface area contributed by atoms with Crippen LogP contribution in [0.15, 0.2) is 18.2 Å². The van der Waals surface area contributed by atoms with Crippen molar-refractivity contribution >= 4 is 5.69 Å². The molecule has 0 atom stereocenters. The lowest BCUT2D eigenvalue weighted by molar-refractivity contribution is 0.413. The number of nitrogens with zero attached hydrogens (tertiary/aromatic N) is 1. The predicted molar refractivity (Wildman–Crippen MR) is 60.9 cm³/mol. The van der Waals surface area contributed by atoms with Crippen LogP contribution in [0.1, 0.15) is 11.1 Å². The molecule has 1 aliphatic rings. The Balaban J connectivity index is 2.05. The zero-order valence-corrected chi connectivity index (χ0v) is 9.01. The summed E-state index contributed by atoms with van der Waals surface area (Å²) in [5, 5.41) is 3.38.